The molecule has 2 N–H and O–H groups in total. The van der Waals surface area contributed by atoms with Crippen molar-refractivity contribution in [3.8, 4) is 0 Å². The average molecular weight is 225 g/mol. The second kappa shape index (κ2) is 6.27. The molecule has 1 amide bonds. The van der Waals surface area contributed by atoms with Gasteiger partial charge in [-0.15, -0.1) is 0 Å². The third kappa shape index (κ3) is 3.66. The van der Waals surface area contributed by atoms with Crippen molar-refractivity contribution in [2.24, 2.45) is 0 Å². The van der Waals surface area contributed by atoms with Crippen LogP contribution in [0.2, 0.25) is 0 Å². The molecule has 0 saturated carbocycles. The van der Waals surface area contributed by atoms with E-state index in [0.29, 0.717) is 6.42 Å². The van der Waals surface area contributed by atoms with Gasteiger partial charge in [0.2, 0.25) is 5.91 Å². The Bertz CT molecular complexity index is 327. The number of hydrogen-bond acceptors (Lipinski definition) is 4. The molecule has 1 heterocycles. The summed E-state index contributed by atoms with van der Waals surface area (Å²) in [6, 6.07) is 0. The summed E-state index contributed by atoms with van der Waals surface area (Å²) in [4.78, 5) is 10.9. The number of carbonyl (C=O) groups excluding carboxylic acids is 1. The summed E-state index contributed by atoms with van der Waals surface area (Å²) in [7, 11) is 1.65. The Hall–Kier alpha value is -1.36. The third-order valence-corrected chi connectivity index (χ3v) is 2.52. The van der Waals surface area contributed by atoms with Gasteiger partial charge in [0.1, 0.15) is 5.76 Å². The average Bonchev–Trinajstić information content (AvgIpc) is 2.59. The SMILES string of the molecule is CNC(=O)CCCNCc1c(C)noc1C. The summed E-state index contributed by atoms with van der Waals surface area (Å²) in [6.07, 6.45) is 1.40. The van der Waals surface area contributed by atoms with Crippen LogP contribution in [0.25, 0.3) is 0 Å². The minimum absolute atomic E-state index is 0.0825. The maximum Gasteiger partial charge on any atom is 0.219 e. The van der Waals surface area contributed by atoms with Gasteiger partial charge in [0.25, 0.3) is 0 Å². The standard InChI is InChI=1S/C11H19N3O2/c1-8-10(9(2)16-14-8)7-13-6-4-5-11(15)12-3/h13H,4-7H2,1-3H3,(H,12,15). The molecule has 90 valence electrons. The van der Waals surface area contributed by atoms with Crippen LogP contribution in [0.1, 0.15) is 29.9 Å². The van der Waals surface area contributed by atoms with Gasteiger partial charge in [0.05, 0.1) is 5.69 Å². The zero-order valence-electron chi connectivity index (χ0n) is 10.1. The van der Waals surface area contributed by atoms with Gasteiger partial charge < -0.3 is 15.2 Å². The van der Waals surface area contributed by atoms with E-state index in [1.807, 2.05) is 13.8 Å². The predicted octanol–water partition coefficient (Wildman–Crippen LogP) is 0.907. The Morgan fingerprint density at radius 1 is 1.44 bits per heavy atom. The first-order valence-corrected chi connectivity index (χ1v) is 5.48. The first kappa shape index (κ1) is 12.7. The lowest BCUT2D eigenvalue weighted by Gasteiger charge is -2.03. The van der Waals surface area contributed by atoms with E-state index >= 15 is 0 Å². The molecule has 0 bridgehead atoms. The fourth-order valence-electron chi connectivity index (χ4n) is 1.47. The van der Waals surface area contributed by atoms with Crippen LogP contribution in [-0.2, 0) is 11.3 Å². The Balaban J connectivity index is 2.19. The van der Waals surface area contributed by atoms with Crippen molar-refractivity contribution >= 4 is 5.91 Å². The summed E-state index contributed by atoms with van der Waals surface area (Å²) in [5.41, 5.74) is 2.04. The van der Waals surface area contributed by atoms with E-state index in [4.69, 9.17) is 4.52 Å². The van der Waals surface area contributed by atoms with Crippen molar-refractivity contribution in [2.45, 2.75) is 33.2 Å². The number of carbonyl (C=O) groups is 1. The van der Waals surface area contributed by atoms with Crippen molar-refractivity contribution < 1.29 is 9.32 Å². The summed E-state index contributed by atoms with van der Waals surface area (Å²) < 4.78 is 5.05. The van der Waals surface area contributed by atoms with E-state index in [1.165, 1.54) is 0 Å². The lowest BCUT2D eigenvalue weighted by Crippen LogP contribution is -2.21. The maximum atomic E-state index is 10.9. The molecular formula is C11H19N3O2. The zero-order valence-corrected chi connectivity index (χ0v) is 10.1. The van der Waals surface area contributed by atoms with E-state index < -0.39 is 0 Å². The van der Waals surface area contributed by atoms with Gasteiger partial charge in [-0.1, -0.05) is 5.16 Å². The van der Waals surface area contributed by atoms with Gasteiger partial charge >= 0.3 is 0 Å². The first-order chi connectivity index (χ1) is 7.65. The Morgan fingerprint density at radius 2 is 2.19 bits per heavy atom. The van der Waals surface area contributed by atoms with E-state index in [0.717, 1.165) is 36.5 Å². The molecule has 1 aromatic heterocycles. The van der Waals surface area contributed by atoms with Crippen molar-refractivity contribution in [1.82, 2.24) is 15.8 Å². The minimum Gasteiger partial charge on any atom is -0.361 e. The van der Waals surface area contributed by atoms with Gasteiger partial charge in [-0.2, -0.15) is 0 Å². The highest BCUT2D eigenvalue weighted by molar-refractivity contribution is 5.75. The van der Waals surface area contributed by atoms with E-state index in [1.54, 1.807) is 7.05 Å². The minimum atomic E-state index is 0.0825. The van der Waals surface area contributed by atoms with Crippen LogP contribution in [0.4, 0.5) is 0 Å². The molecule has 0 saturated heterocycles. The monoisotopic (exact) mass is 225 g/mol. The second-order valence-corrected chi connectivity index (χ2v) is 3.76. The summed E-state index contributed by atoms with van der Waals surface area (Å²) >= 11 is 0. The largest absolute Gasteiger partial charge is 0.361 e. The highest BCUT2D eigenvalue weighted by Gasteiger charge is 2.07. The molecule has 0 aromatic carbocycles. The molecule has 0 unspecified atom stereocenters. The third-order valence-electron chi connectivity index (χ3n) is 2.52. The van der Waals surface area contributed by atoms with Crippen molar-refractivity contribution in [2.75, 3.05) is 13.6 Å². The van der Waals surface area contributed by atoms with Crippen LogP contribution in [-0.4, -0.2) is 24.7 Å². The van der Waals surface area contributed by atoms with E-state index in [-0.39, 0.29) is 5.91 Å². The Labute approximate surface area is 95.6 Å². The number of hydrogen-bond donors (Lipinski definition) is 2. The number of aromatic nitrogens is 1. The molecule has 0 fully saturated rings. The number of amides is 1. The quantitative estimate of drug-likeness (QED) is 0.706. The van der Waals surface area contributed by atoms with Crippen LogP contribution in [0.3, 0.4) is 0 Å². The van der Waals surface area contributed by atoms with Crippen LogP contribution < -0.4 is 10.6 Å². The number of rotatable bonds is 6. The molecule has 0 radical (unpaired) electrons. The van der Waals surface area contributed by atoms with Gasteiger partial charge in [-0.25, -0.2) is 0 Å². The van der Waals surface area contributed by atoms with Crippen molar-refractivity contribution in [1.29, 1.82) is 0 Å². The van der Waals surface area contributed by atoms with Crippen molar-refractivity contribution in [3.63, 3.8) is 0 Å². The van der Waals surface area contributed by atoms with E-state index in [9.17, 15) is 4.79 Å². The molecule has 1 rings (SSSR count). The fourth-order valence-corrected chi connectivity index (χ4v) is 1.47. The zero-order chi connectivity index (χ0) is 12.0. The summed E-state index contributed by atoms with van der Waals surface area (Å²) in [5, 5.41) is 9.74. The van der Waals surface area contributed by atoms with Gasteiger partial charge in [-0.3, -0.25) is 4.79 Å². The lowest BCUT2D eigenvalue weighted by atomic mass is 10.2. The van der Waals surface area contributed by atoms with Crippen LogP contribution in [0.5, 0.6) is 0 Å². The predicted molar refractivity (Wildman–Crippen MR) is 61.0 cm³/mol. The molecular weight excluding hydrogens is 206 g/mol. The van der Waals surface area contributed by atoms with Crippen molar-refractivity contribution in [3.05, 3.63) is 17.0 Å². The molecule has 0 atom stereocenters. The first-order valence-electron chi connectivity index (χ1n) is 5.48. The molecule has 0 aliphatic rings. The maximum absolute atomic E-state index is 10.9. The second-order valence-electron chi connectivity index (χ2n) is 3.76. The normalized spacial score (nSPS) is 10.4. The topological polar surface area (TPSA) is 67.2 Å². The molecule has 0 aliphatic carbocycles. The van der Waals surface area contributed by atoms with Gasteiger partial charge in [0.15, 0.2) is 0 Å². The Kier molecular flexibility index (Phi) is 4.98. The lowest BCUT2D eigenvalue weighted by molar-refractivity contribution is -0.120. The van der Waals surface area contributed by atoms with Gasteiger partial charge in [0, 0.05) is 25.6 Å². The van der Waals surface area contributed by atoms with Crippen LogP contribution in [0.15, 0.2) is 4.52 Å². The molecule has 5 heteroatoms. The molecule has 0 spiro atoms. The summed E-state index contributed by atoms with van der Waals surface area (Å²) in [5.74, 6) is 0.940. The smallest absolute Gasteiger partial charge is 0.219 e. The summed E-state index contributed by atoms with van der Waals surface area (Å²) in [6.45, 7) is 5.39. The van der Waals surface area contributed by atoms with E-state index in [2.05, 4.69) is 15.8 Å². The van der Waals surface area contributed by atoms with Crippen LogP contribution >= 0.6 is 0 Å². The molecule has 0 aliphatic heterocycles. The fraction of sp³-hybridized carbons (Fsp3) is 0.636. The van der Waals surface area contributed by atoms with Crippen LogP contribution in [0, 0.1) is 13.8 Å². The highest BCUT2D eigenvalue weighted by Crippen LogP contribution is 2.11. The number of nitrogens with zero attached hydrogens (tertiary/aromatic N) is 1. The van der Waals surface area contributed by atoms with Gasteiger partial charge in [-0.05, 0) is 26.8 Å². The number of aryl methyl sites for hydroxylation is 2. The molecule has 1 aromatic rings. The highest BCUT2D eigenvalue weighted by atomic mass is 16.5. The molecule has 16 heavy (non-hydrogen) atoms. The number of nitrogens with one attached hydrogen (secondary N) is 2. The molecule has 5 nitrogen and oxygen atoms in total. The Morgan fingerprint density at radius 3 is 2.75 bits per heavy atom.